The third-order valence-corrected chi connectivity index (χ3v) is 3.40. The van der Waals surface area contributed by atoms with Gasteiger partial charge in [-0.1, -0.05) is 23.8 Å². The molecular weight excluding hydrogens is 200 g/mol. The molecule has 1 aromatic rings. The van der Waals surface area contributed by atoms with E-state index in [-0.39, 0.29) is 12.0 Å². The maximum Gasteiger partial charge on any atom is 0.0842 e. The van der Waals surface area contributed by atoms with Gasteiger partial charge in [0, 0.05) is 12.5 Å². The molecule has 2 atom stereocenters. The van der Waals surface area contributed by atoms with E-state index in [4.69, 9.17) is 4.74 Å². The highest BCUT2D eigenvalue weighted by Crippen LogP contribution is 2.30. The van der Waals surface area contributed by atoms with Gasteiger partial charge < -0.3 is 9.84 Å². The summed E-state index contributed by atoms with van der Waals surface area (Å²) in [5.74, 6) is 0.259. The Morgan fingerprint density at radius 2 is 2.19 bits per heavy atom. The van der Waals surface area contributed by atoms with Crippen LogP contribution in [-0.4, -0.2) is 18.3 Å². The van der Waals surface area contributed by atoms with Crippen LogP contribution in [0.2, 0.25) is 0 Å². The SMILES string of the molecule is Cc1ccc(C)c(C(O)C2CCCOC2)c1. The number of hydrogen-bond donors (Lipinski definition) is 1. The van der Waals surface area contributed by atoms with Crippen molar-refractivity contribution in [2.75, 3.05) is 13.2 Å². The van der Waals surface area contributed by atoms with Gasteiger partial charge in [0.2, 0.25) is 0 Å². The highest BCUT2D eigenvalue weighted by molar-refractivity contribution is 5.32. The fourth-order valence-corrected chi connectivity index (χ4v) is 2.35. The Bertz CT molecular complexity index is 354. The molecule has 1 N–H and O–H groups in total. The van der Waals surface area contributed by atoms with E-state index >= 15 is 0 Å². The molecule has 1 heterocycles. The molecule has 1 fully saturated rings. The van der Waals surface area contributed by atoms with Crippen molar-refractivity contribution in [1.82, 2.24) is 0 Å². The van der Waals surface area contributed by atoms with Gasteiger partial charge in [-0.2, -0.15) is 0 Å². The van der Waals surface area contributed by atoms with Gasteiger partial charge in [0.05, 0.1) is 12.7 Å². The van der Waals surface area contributed by atoms with Crippen LogP contribution in [0.4, 0.5) is 0 Å². The summed E-state index contributed by atoms with van der Waals surface area (Å²) in [7, 11) is 0. The van der Waals surface area contributed by atoms with Gasteiger partial charge in [-0.3, -0.25) is 0 Å². The summed E-state index contributed by atoms with van der Waals surface area (Å²) >= 11 is 0. The van der Waals surface area contributed by atoms with E-state index in [9.17, 15) is 5.11 Å². The second-order valence-electron chi connectivity index (χ2n) is 4.78. The molecule has 1 saturated heterocycles. The van der Waals surface area contributed by atoms with Crippen molar-refractivity contribution in [3.8, 4) is 0 Å². The third kappa shape index (κ3) is 2.45. The van der Waals surface area contributed by atoms with Crippen LogP contribution >= 0.6 is 0 Å². The number of benzene rings is 1. The Morgan fingerprint density at radius 1 is 1.38 bits per heavy atom. The smallest absolute Gasteiger partial charge is 0.0842 e. The van der Waals surface area contributed by atoms with E-state index in [1.165, 1.54) is 11.1 Å². The zero-order valence-corrected chi connectivity index (χ0v) is 10.1. The molecule has 0 spiro atoms. The molecule has 1 aliphatic rings. The monoisotopic (exact) mass is 220 g/mol. The van der Waals surface area contributed by atoms with Gasteiger partial charge >= 0.3 is 0 Å². The predicted molar refractivity (Wildman–Crippen MR) is 64.4 cm³/mol. The minimum atomic E-state index is -0.375. The van der Waals surface area contributed by atoms with Crippen LogP contribution in [0.15, 0.2) is 18.2 Å². The van der Waals surface area contributed by atoms with Gasteiger partial charge in [0.25, 0.3) is 0 Å². The zero-order valence-electron chi connectivity index (χ0n) is 10.1. The Labute approximate surface area is 97.3 Å². The lowest BCUT2D eigenvalue weighted by atomic mass is 9.88. The minimum absolute atomic E-state index is 0.259. The van der Waals surface area contributed by atoms with Crippen LogP contribution in [0.3, 0.4) is 0 Å². The molecule has 2 unspecified atom stereocenters. The van der Waals surface area contributed by atoms with Crippen molar-refractivity contribution in [2.24, 2.45) is 5.92 Å². The molecule has 2 heteroatoms. The molecule has 0 bridgehead atoms. The minimum Gasteiger partial charge on any atom is -0.388 e. The second-order valence-corrected chi connectivity index (χ2v) is 4.78. The van der Waals surface area contributed by atoms with Crippen LogP contribution in [-0.2, 0) is 4.74 Å². The first-order valence-corrected chi connectivity index (χ1v) is 6.01. The first-order chi connectivity index (χ1) is 7.68. The molecule has 1 aromatic carbocycles. The summed E-state index contributed by atoms with van der Waals surface area (Å²) in [6, 6.07) is 6.26. The molecule has 2 nitrogen and oxygen atoms in total. The van der Waals surface area contributed by atoms with E-state index in [1.54, 1.807) is 0 Å². The van der Waals surface area contributed by atoms with Gasteiger partial charge in [0.15, 0.2) is 0 Å². The highest BCUT2D eigenvalue weighted by Gasteiger charge is 2.24. The highest BCUT2D eigenvalue weighted by atomic mass is 16.5. The maximum absolute atomic E-state index is 10.4. The first kappa shape index (κ1) is 11.6. The molecule has 16 heavy (non-hydrogen) atoms. The predicted octanol–water partition coefficient (Wildman–Crippen LogP) is 2.76. The molecule has 1 aliphatic heterocycles. The lowest BCUT2D eigenvalue weighted by Crippen LogP contribution is -2.24. The Hall–Kier alpha value is -0.860. The van der Waals surface area contributed by atoms with Crippen LogP contribution in [0.5, 0.6) is 0 Å². The van der Waals surface area contributed by atoms with E-state index in [2.05, 4.69) is 32.0 Å². The Balaban J connectivity index is 2.18. The molecule has 0 aromatic heterocycles. The van der Waals surface area contributed by atoms with Crippen molar-refractivity contribution in [2.45, 2.75) is 32.8 Å². The second kappa shape index (κ2) is 4.98. The fraction of sp³-hybridized carbons (Fsp3) is 0.571. The number of aliphatic hydroxyl groups is 1. The normalized spacial score (nSPS) is 23.1. The van der Waals surface area contributed by atoms with Crippen LogP contribution < -0.4 is 0 Å². The van der Waals surface area contributed by atoms with Crippen molar-refractivity contribution in [3.05, 3.63) is 34.9 Å². The van der Waals surface area contributed by atoms with Crippen LogP contribution in [0.25, 0.3) is 0 Å². The van der Waals surface area contributed by atoms with E-state index < -0.39 is 0 Å². The number of hydrogen-bond acceptors (Lipinski definition) is 2. The van der Waals surface area contributed by atoms with E-state index in [1.807, 2.05) is 0 Å². The van der Waals surface area contributed by atoms with E-state index in [0.717, 1.165) is 25.0 Å². The Kier molecular flexibility index (Phi) is 3.62. The standard InChI is InChI=1S/C14H20O2/c1-10-5-6-11(2)13(8-10)14(15)12-4-3-7-16-9-12/h5-6,8,12,14-15H,3-4,7,9H2,1-2H3. The molecule has 2 rings (SSSR count). The molecule has 88 valence electrons. The van der Waals surface area contributed by atoms with Crippen LogP contribution in [0, 0.1) is 19.8 Å². The summed E-state index contributed by atoms with van der Waals surface area (Å²) in [6.45, 7) is 5.65. The zero-order chi connectivity index (χ0) is 11.5. The topological polar surface area (TPSA) is 29.5 Å². The van der Waals surface area contributed by atoms with Gasteiger partial charge in [-0.25, -0.2) is 0 Å². The largest absolute Gasteiger partial charge is 0.388 e. The van der Waals surface area contributed by atoms with Crippen LogP contribution in [0.1, 0.15) is 35.6 Å². The summed E-state index contributed by atoms with van der Waals surface area (Å²) in [5.41, 5.74) is 3.44. The van der Waals surface area contributed by atoms with Crippen molar-refractivity contribution < 1.29 is 9.84 Å². The molecule has 0 amide bonds. The lowest BCUT2D eigenvalue weighted by molar-refractivity contribution is -0.0102. The number of aliphatic hydroxyl groups excluding tert-OH is 1. The van der Waals surface area contributed by atoms with Crippen molar-refractivity contribution in [3.63, 3.8) is 0 Å². The molecule has 0 saturated carbocycles. The molecule has 0 aliphatic carbocycles. The van der Waals surface area contributed by atoms with Gasteiger partial charge in [-0.05, 0) is 37.8 Å². The van der Waals surface area contributed by atoms with Crippen molar-refractivity contribution >= 4 is 0 Å². The third-order valence-electron chi connectivity index (χ3n) is 3.40. The number of rotatable bonds is 2. The summed E-state index contributed by atoms with van der Waals surface area (Å²) < 4.78 is 5.43. The van der Waals surface area contributed by atoms with Crippen molar-refractivity contribution in [1.29, 1.82) is 0 Å². The molecule has 0 radical (unpaired) electrons. The summed E-state index contributed by atoms with van der Waals surface area (Å²) in [6.07, 6.45) is 1.75. The fourth-order valence-electron chi connectivity index (χ4n) is 2.35. The average Bonchev–Trinajstić information content (AvgIpc) is 2.32. The van der Waals surface area contributed by atoms with E-state index in [0.29, 0.717) is 6.61 Å². The average molecular weight is 220 g/mol. The molecular formula is C14H20O2. The Morgan fingerprint density at radius 3 is 2.88 bits per heavy atom. The first-order valence-electron chi connectivity index (χ1n) is 6.01. The summed E-state index contributed by atoms with van der Waals surface area (Å²) in [5, 5.41) is 10.4. The maximum atomic E-state index is 10.4. The lowest BCUT2D eigenvalue weighted by Gasteiger charge is -2.28. The van der Waals surface area contributed by atoms with Gasteiger partial charge in [-0.15, -0.1) is 0 Å². The number of aryl methyl sites for hydroxylation is 2. The number of ether oxygens (including phenoxy) is 1. The van der Waals surface area contributed by atoms with Gasteiger partial charge in [0.1, 0.15) is 0 Å². The summed E-state index contributed by atoms with van der Waals surface area (Å²) in [4.78, 5) is 0. The quantitative estimate of drug-likeness (QED) is 0.830.